The van der Waals surface area contributed by atoms with Crippen LogP contribution in [0.15, 0.2) is 24.5 Å². The molecule has 7 rings (SSSR count). The van der Waals surface area contributed by atoms with Gasteiger partial charge in [0.15, 0.2) is 5.82 Å². The summed E-state index contributed by atoms with van der Waals surface area (Å²) in [5.41, 5.74) is 10.2. The molecule has 2 saturated carbocycles. The number of carbonyl (C=O) groups is 1. The lowest BCUT2D eigenvalue weighted by molar-refractivity contribution is -0.0308. The third kappa shape index (κ3) is 3.26. The molecule has 2 fully saturated rings. The number of amides is 1. The van der Waals surface area contributed by atoms with Crippen molar-refractivity contribution in [2.45, 2.75) is 56.8 Å². The van der Waals surface area contributed by atoms with E-state index >= 15 is 4.39 Å². The minimum Gasteiger partial charge on any atom is -0.446 e. The van der Waals surface area contributed by atoms with E-state index in [1.807, 2.05) is 6.92 Å². The Bertz CT molecular complexity index is 1300. The molecule has 0 saturated heterocycles. The number of aliphatic hydroxyl groups is 1. The molecular weight excluding hydrogens is 425 g/mol. The molecule has 1 amide bonds. The maximum Gasteiger partial charge on any atom is 0.413 e. The van der Waals surface area contributed by atoms with Crippen LogP contribution in [0.5, 0.6) is 0 Å². The lowest BCUT2D eigenvalue weighted by Gasteiger charge is -2.43. The zero-order valence-corrected chi connectivity index (χ0v) is 18.1. The summed E-state index contributed by atoms with van der Waals surface area (Å²) in [6.07, 6.45) is 4.87. The Labute approximate surface area is 189 Å². The minimum atomic E-state index is -0.645. The molecule has 170 valence electrons. The number of halogens is 1. The van der Waals surface area contributed by atoms with Crippen LogP contribution in [0.4, 0.5) is 26.4 Å². The second-order valence-corrected chi connectivity index (χ2v) is 9.29. The fourth-order valence-electron chi connectivity index (χ4n) is 5.03. The van der Waals surface area contributed by atoms with Crippen LogP contribution in [0, 0.1) is 12.7 Å². The molecule has 3 aromatic rings. The van der Waals surface area contributed by atoms with Crippen molar-refractivity contribution in [2.24, 2.45) is 0 Å². The summed E-state index contributed by atoms with van der Waals surface area (Å²) in [6.45, 7) is 1.97. The summed E-state index contributed by atoms with van der Waals surface area (Å²) in [5, 5.41) is 16.6. The number of nitrogens with zero attached hydrogens (tertiary/aromatic N) is 2. The maximum atomic E-state index is 15.3. The summed E-state index contributed by atoms with van der Waals surface area (Å²) >= 11 is 0. The van der Waals surface area contributed by atoms with Crippen molar-refractivity contribution in [3.63, 3.8) is 0 Å². The number of aliphatic hydroxyl groups excluding tert-OH is 1. The molecule has 2 aromatic heterocycles. The molecule has 0 unspecified atom stereocenters. The van der Waals surface area contributed by atoms with Crippen molar-refractivity contribution >= 4 is 34.1 Å². The van der Waals surface area contributed by atoms with E-state index in [1.165, 1.54) is 6.20 Å². The fraction of sp³-hybridized carbons (Fsp3) is 0.375. The molecule has 5 N–H and O–H groups in total. The molecule has 0 atom stereocenters. The highest BCUT2D eigenvalue weighted by molar-refractivity contribution is 5.99. The van der Waals surface area contributed by atoms with Gasteiger partial charge in [0.05, 0.1) is 23.2 Å². The average Bonchev–Trinajstić information content (AvgIpc) is 2.75. The van der Waals surface area contributed by atoms with E-state index in [0.29, 0.717) is 46.7 Å². The number of nitrogens with one attached hydrogen (secondary N) is 2. The maximum absolute atomic E-state index is 15.3. The van der Waals surface area contributed by atoms with Crippen molar-refractivity contribution in [3.8, 4) is 11.1 Å². The molecule has 0 spiro atoms. The van der Waals surface area contributed by atoms with Gasteiger partial charge in [-0.3, -0.25) is 10.3 Å². The van der Waals surface area contributed by atoms with Crippen LogP contribution in [0.25, 0.3) is 21.9 Å². The van der Waals surface area contributed by atoms with Gasteiger partial charge in [0, 0.05) is 53.7 Å². The number of carbonyl (C=O) groups excluding carboxylic acids is 1. The predicted octanol–water partition coefficient (Wildman–Crippen LogP) is 4.07. The predicted molar refractivity (Wildman–Crippen MR) is 123 cm³/mol. The smallest absolute Gasteiger partial charge is 0.413 e. The van der Waals surface area contributed by atoms with Crippen LogP contribution in [0.2, 0.25) is 0 Å². The van der Waals surface area contributed by atoms with Gasteiger partial charge in [-0.1, -0.05) is 0 Å². The minimum absolute atomic E-state index is 0.000472. The Balaban J connectivity index is 1.34. The van der Waals surface area contributed by atoms with Crippen molar-refractivity contribution in [1.29, 1.82) is 0 Å². The van der Waals surface area contributed by atoms with Gasteiger partial charge < -0.3 is 20.9 Å². The van der Waals surface area contributed by atoms with E-state index in [0.717, 1.165) is 29.8 Å². The summed E-state index contributed by atoms with van der Waals surface area (Å²) < 4.78 is 20.6. The van der Waals surface area contributed by atoms with Gasteiger partial charge in [-0.05, 0) is 42.8 Å². The van der Waals surface area contributed by atoms with Crippen LogP contribution >= 0.6 is 0 Å². The van der Waals surface area contributed by atoms with Crippen molar-refractivity contribution in [1.82, 2.24) is 9.97 Å². The number of fused-ring (bicyclic) bond motifs is 1. The Kier molecular flexibility index (Phi) is 4.45. The highest BCUT2D eigenvalue weighted by atomic mass is 19.1. The van der Waals surface area contributed by atoms with E-state index in [9.17, 15) is 9.90 Å². The first kappa shape index (κ1) is 20.2. The summed E-state index contributed by atoms with van der Waals surface area (Å²) in [6, 6.07) is 3.81. The third-order valence-corrected chi connectivity index (χ3v) is 7.10. The van der Waals surface area contributed by atoms with Crippen molar-refractivity contribution in [3.05, 3.63) is 41.6 Å². The first-order valence-electron chi connectivity index (χ1n) is 11.2. The molecule has 33 heavy (non-hydrogen) atoms. The Morgan fingerprint density at radius 2 is 2.00 bits per heavy atom. The molecule has 2 aliphatic carbocycles. The van der Waals surface area contributed by atoms with Gasteiger partial charge in [0.1, 0.15) is 11.9 Å². The SMILES string of the molecule is Cc1c(-c2cc3cc(NC(=O)O[C@H]4C[C@@H](O)C4)ncc3c(N)c2F)cnc2c1N[C@H]1C[C@H]2C1. The first-order valence-corrected chi connectivity index (χ1v) is 11.2. The van der Waals surface area contributed by atoms with Crippen LogP contribution in [-0.2, 0) is 4.74 Å². The number of benzene rings is 1. The van der Waals surface area contributed by atoms with E-state index < -0.39 is 18.0 Å². The van der Waals surface area contributed by atoms with Gasteiger partial charge in [-0.15, -0.1) is 0 Å². The second-order valence-electron chi connectivity index (χ2n) is 9.29. The van der Waals surface area contributed by atoms with E-state index in [4.69, 9.17) is 10.5 Å². The average molecular weight is 449 g/mol. The molecular formula is C24H24FN5O3. The van der Waals surface area contributed by atoms with Gasteiger partial charge >= 0.3 is 6.09 Å². The summed E-state index contributed by atoms with van der Waals surface area (Å²) in [7, 11) is 0. The summed E-state index contributed by atoms with van der Waals surface area (Å²) in [4.78, 5) is 21.0. The third-order valence-electron chi connectivity index (χ3n) is 7.10. The molecule has 4 heterocycles. The van der Waals surface area contributed by atoms with E-state index in [1.54, 1.807) is 18.3 Å². The largest absolute Gasteiger partial charge is 0.446 e. The van der Waals surface area contributed by atoms with Crippen LogP contribution in [-0.4, -0.2) is 39.4 Å². The fourth-order valence-corrected chi connectivity index (χ4v) is 5.03. The van der Waals surface area contributed by atoms with E-state index in [-0.39, 0.29) is 17.6 Å². The number of pyridine rings is 2. The Morgan fingerprint density at radius 1 is 1.21 bits per heavy atom. The normalized spacial score (nSPS) is 24.8. The Morgan fingerprint density at radius 3 is 2.76 bits per heavy atom. The quantitative estimate of drug-likeness (QED) is 0.445. The lowest BCUT2D eigenvalue weighted by atomic mass is 9.73. The Hall–Kier alpha value is -3.46. The van der Waals surface area contributed by atoms with Crippen LogP contribution in [0.1, 0.15) is 42.9 Å². The van der Waals surface area contributed by atoms with Crippen molar-refractivity contribution < 1.29 is 19.0 Å². The molecule has 2 bridgehead atoms. The van der Waals surface area contributed by atoms with Gasteiger partial charge in [0.2, 0.25) is 0 Å². The molecule has 9 heteroatoms. The molecule has 8 nitrogen and oxygen atoms in total. The lowest BCUT2D eigenvalue weighted by Crippen LogP contribution is -2.40. The number of ether oxygens (including phenoxy) is 1. The molecule has 4 aliphatic rings. The van der Waals surface area contributed by atoms with Crippen molar-refractivity contribution in [2.75, 3.05) is 16.4 Å². The van der Waals surface area contributed by atoms with Crippen LogP contribution in [0.3, 0.4) is 0 Å². The number of hydrogen-bond donors (Lipinski definition) is 4. The van der Waals surface area contributed by atoms with Crippen LogP contribution < -0.4 is 16.4 Å². The van der Waals surface area contributed by atoms with Gasteiger partial charge in [-0.25, -0.2) is 14.2 Å². The summed E-state index contributed by atoms with van der Waals surface area (Å²) in [5.74, 6) is 0.235. The molecule has 0 radical (unpaired) electrons. The monoisotopic (exact) mass is 449 g/mol. The number of nitrogen functional groups attached to an aromatic ring is 1. The number of aromatic nitrogens is 2. The number of rotatable bonds is 3. The van der Waals surface area contributed by atoms with E-state index in [2.05, 4.69) is 20.6 Å². The first-order chi connectivity index (χ1) is 15.9. The van der Waals surface area contributed by atoms with Gasteiger partial charge in [-0.2, -0.15) is 0 Å². The highest BCUT2D eigenvalue weighted by Gasteiger charge is 2.39. The number of hydrogen-bond acceptors (Lipinski definition) is 7. The highest BCUT2D eigenvalue weighted by Crippen LogP contribution is 2.48. The molecule has 2 aliphatic heterocycles. The van der Waals surface area contributed by atoms with Gasteiger partial charge in [0.25, 0.3) is 0 Å². The number of anilines is 3. The topological polar surface area (TPSA) is 122 Å². The standard InChI is InChI=1S/C24H24FN5O3/c1-10-17(8-28-23-12-2-13(3-12)29-22(10)23)16-4-11-5-19(27-9-18(11)21(26)20(16)25)30-24(32)33-15-6-14(31)7-15/h4-5,8-9,12-15,29,31H,2-3,6-7,26H2,1H3,(H,27,30,32)/t12-,13-,14-,15+. The zero-order chi connectivity index (χ0) is 22.9. The zero-order valence-electron chi connectivity index (χ0n) is 18.1. The second kappa shape index (κ2) is 7.28. The molecule has 1 aromatic carbocycles. The number of nitrogens with two attached hydrogens (primary N) is 1.